The number of hydrogen-bond acceptors (Lipinski definition) is 4. The van der Waals surface area contributed by atoms with Crippen molar-refractivity contribution in [3.8, 4) is 5.75 Å². The van der Waals surface area contributed by atoms with E-state index in [4.69, 9.17) is 4.74 Å². The summed E-state index contributed by atoms with van der Waals surface area (Å²) in [7, 11) is 3.79. The van der Waals surface area contributed by atoms with Crippen LogP contribution in [0.2, 0.25) is 0 Å². The number of likely N-dealkylation sites (tertiary alicyclic amines) is 1. The molecule has 0 aromatic heterocycles. The molecule has 2 aliphatic rings. The van der Waals surface area contributed by atoms with Crippen molar-refractivity contribution in [2.75, 3.05) is 33.8 Å². The number of carbonyl (C=O) groups is 1. The third-order valence-corrected chi connectivity index (χ3v) is 7.04. The molecule has 1 saturated carbocycles. The minimum atomic E-state index is -0.00564. The van der Waals surface area contributed by atoms with Gasteiger partial charge in [-0.3, -0.25) is 4.79 Å². The largest absolute Gasteiger partial charge is 0.497 e. The molecule has 5 nitrogen and oxygen atoms in total. The summed E-state index contributed by atoms with van der Waals surface area (Å²) in [6, 6.07) is 17.6. The molecular formula is C27H37N3O2. The van der Waals surface area contributed by atoms with Crippen molar-refractivity contribution in [1.82, 2.24) is 15.5 Å². The predicted molar refractivity (Wildman–Crippen MR) is 129 cm³/mol. The van der Waals surface area contributed by atoms with E-state index in [0.717, 1.165) is 31.8 Å². The van der Waals surface area contributed by atoms with Crippen molar-refractivity contribution in [3.05, 3.63) is 65.2 Å². The fourth-order valence-electron chi connectivity index (χ4n) is 5.18. The number of rotatable bonds is 9. The number of hydrogen-bond donors (Lipinski definition) is 2. The quantitative estimate of drug-likeness (QED) is 0.630. The van der Waals surface area contributed by atoms with Crippen LogP contribution in [0.15, 0.2) is 48.5 Å². The standard InChI is InChI=1S/C27H37N3O2/c1-30-18-25(22-7-5-6-21(16-22)17-29-23-8-3-4-9-23)26(19-30)27(31)28-15-14-20-10-12-24(32-2)13-11-20/h5-7,10-13,16,23,25-26,29H,3-4,8-9,14-15,17-19H2,1-2H3,(H,28,31)/t25-,26-/m1/s1. The van der Waals surface area contributed by atoms with Crippen LogP contribution in [-0.2, 0) is 17.8 Å². The van der Waals surface area contributed by atoms with Crippen molar-refractivity contribution in [1.29, 1.82) is 0 Å². The van der Waals surface area contributed by atoms with Gasteiger partial charge in [0.25, 0.3) is 0 Å². The number of likely N-dealkylation sites (N-methyl/N-ethyl adjacent to an activating group) is 1. The minimum Gasteiger partial charge on any atom is -0.497 e. The Morgan fingerprint density at radius 1 is 1.06 bits per heavy atom. The molecule has 0 radical (unpaired) electrons. The molecule has 32 heavy (non-hydrogen) atoms. The molecule has 2 fully saturated rings. The fourth-order valence-corrected chi connectivity index (χ4v) is 5.18. The molecule has 0 unspecified atom stereocenters. The molecule has 1 saturated heterocycles. The van der Waals surface area contributed by atoms with Crippen molar-refractivity contribution in [3.63, 3.8) is 0 Å². The molecule has 2 aromatic carbocycles. The van der Waals surface area contributed by atoms with Gasteiger partial charge in [0.2, 0.25) is 5.91 Å². The van der Waals surface area contributed by atoms with Crippen LogP contribution < -0.4 is 15.4 Å². The SMILES string of the molecule is COc1ccc(CCNC(=O)[C@@H]2CN(C)C[C@@H]2c2cccc(CNC3CCCC3)c2)cc1. The summed E-state index contributed by atoms with van der Waals surface area (Å²) in [4.78, 5) is 15.4. The molecule has 172 valence electrons. The zero-order valence-electron chi connectivity index (χ0n) is 19.5. The Morgan fingerprint density at radius 3 is 2.59 bits per heavy atom. The van der Waals surface area contributed by atoms with Crippen LogP contribution in [0.4, 0.5) is 0 Å². The molecule has 0 bridgehead atoms. The second-order valence-electron chi connectivity index (χ2n) is 9.43. The molecule has 1 aliphatic heterocycles. The molecule has 1 heterocycles. The van der Waals surface area contributed by atoms with Crippen LogP contribution in [0.25, 0.3) is 0 Å². The summed E-state index contributed by atoms with van der Waals surface area (Å²) in [6.07, 6.45) is 6.12. The van der Waals surface area contributed by atoms with Gasteiger partial charge in [0, 0.05) is 38.1 Å². The first kappa shape index (κ1) is 22.8. The van der Waals surface area contributed by atoms with Gasteiger partial charge in [0.1, 0.15) is 5.75 Å². The number of nitrogens with zero attached hydrogens (tertiary/aromatic N) is 1. The lowest BCUT2D eigenvalue weighted by Crippen LogP contribution is -2.35. The summed E-state index contributed by atoms with van der Waals surface area (Å²) in [6.45, 7) is 3.31. The fraction of sp³-hybridized carbons (Fsp3) is 0.519. The Balaban J connectivity index is 1.33. The third-order valence-electron chi connectivity index (χ3n) is 7.04. The van der Waals surface area contributed by atoms with E-state index in [1.165, 1.54) is 42.4 Å². The monoisotopic (exact) mass is 435 g/mol. The van der Waals surface area contributed by atoms with Crippen LogP contribution in [0.1, 0.15) is 48.3 Å². The van der Waals surface area contributed by atoms with E-state index >= 15 is 0 Å². The maximum absolute atomic E-state index is 13.1. The van der Waals surface area contributed by atoms with E-state index in [9.17, 15) is 4.79 Å². The summed E-state index contributed by atoms with van der Waals surface area (Å²) < 4.78 is 5.21. The van der Waals surface area contributed by atoms with Crippen molar-refractivity contribution in [2.45, 2.75) is 50.6 Å². The van der Waals surface area contributed by atoms with Crippen molar-refractivity contribution in [2.24, 2.45) is 5.92 Å². The molecular weight excluding hydrogens is 398 g/mol. The third kappa shape index (κ3) is 5.90. The lowest BCUT2D eigenvalue weighted by molar-refractivity contribution is -0.124. The Hall–Kier alpha value is -2.37. The summed E-state index contributed by atoms with van der Waals surface area (Å²) in [5.41, 5.74) is 3.81. The molecule has 2 N–H and O–H groups in total. The first-order valence-electron chi connectivity index (χ1n) is 12.0. The number of nitrogens with one attached hydrogen (secondary N) is 2. The molecule has 2 atom stereocenters. The van der Waals surface area contributed by atoms with Crippen molar-refractivity contribution >= 4 is 5.91 Å². The zero-order valence-corrected chi connectivity index (χ0v) is 19.5. The number of carbonyl (C=O) groups excluding carboxylic acids is 1. The highest BCUT2D eigenvalue weighted by Crippen LogP contribution is 2.32. The van der Waals surface area contributed by atoms with E-state index in [2.05, 4.69) is 59.0 Å². The van der Waals surface area contributed by atoms with Crippen LogP contribution in [0.5, 0.6) is 5.75 Å². The van der Waals surface area contributed by atoms with Crippen LogP contribution >= 0.6 is 0 Å². The predicted octanol–water partition coefficient (Wildman–Crippen LogP) is 3.73. The smallest absolute Gasteiger partial charge is 0.225 e. The van der Waals surface area contributed by atoms with E-state index in [1.54, 1.807) is 7.11 Å². The molecule has 4 rings (SSSR count). The van der Waals surface area contributed by atoms with Gasteiger partial charge in [-0.1, -0.05) is 49.2 Å². The van der Waals surface area contributed by atoms with Gasteiger partial charge in [-0.2, -0.15) is 0 Å². The van der Waals surface area contributed by atoms with Gasteiger partial charge in [0.15, 0.2) is 0 Å². The lowest BCUT2D eigenvalue weighted by Gasteiger charge is -2.20. The molecule has 1 amide bonds. The highest BCUT2D eigenvalue weighted by molar-refractivity contribution is 5.80. The summed E-state index contributed by atoms with van der Waals surface area (Å²) in [5.74, 6) is 1.26. The topological polar surface area (TPSA) is 53.6 Å². The zero-order chi connectivity index (χ0) is 22.3. The van der Waals surface area contributed by atoms with E-state index in [-0.39, 0.29) is 17.7 Å². The maximum Gasteiger partial charge on any atom is 0.225 e. The van der Waals surface area contributed by atoms with Gasteiger partial charge in [-0.25, -0.2) is 0 Å². The van der Waals surface area contributed by atoms with Crippen molar-refractivity contribution < 1.29 is 9.53 Å². The average Bonchev–Trinajstić information content (AvgIpc) is 3.48. The van der Waals surface area contributed by atoms with Crippen LogP contribution in [0.3, 0.4) is 0 Å². The van der Waals surface area contributed by atoms with Gasteiger partial charge in [-0.15, -0.1) is 0 Å². The first-order chi connectivity index (χ1) is 15.6. The van der Waals surface area contributed by atoms with Gasteiger partial charge >= 0.3 is 0 Å². The normalized spacial score (nSPS) is 21.7. The van der Waals surface area contributed by atoms with Gasteiger partial charge in [0.05, 0.1) is 13.0 Å². The van der Waals surface area contributed by atoms with Crippen LogP contribution in [0, 0.1) is 5.92 Å². The molecule has 2 aromatic rings. The van der Waals surface area contributed by atoms with Gasteiger partial charge < -0.3 is 20.3 Å². The van der Waals surface area contributed by atoms with E-state index in [0.29, 0.717) is 12.6 Å². The van der Waals surface area contributed by atoms with E-state index in [1.807, 2.05) is 12.1 Å². The Labute approximate surface area is 192 Å². The second-order valence-corrected chi connectivity index (χ2v) is 9.43. The van der Waals surface area contributed by atoms with Crippen LogP contribution in [-0.4, -0.2) is 50.6 Å². The summed E-state index contributed by atoms with van der Waals surface area (Å²) in [5, 5.41) is 6.90. The number of methoxy groups -OCH3 is 1. The summed E-state index contributed by atoms with van der Waals surface area (Å²) >= 11 is 0. The number of ether oxygens (including phenoxy) is 1. The number of benzene rings is 2. The lowest BCUT2D eigenvalue weighted by atomic mass is 9.87. The molecule has 5 heteroatoms. The Kier molecular flexibility index (Phi) is 7.82. The average molecular weight is 436 g/mol. The highest BCUT2D eigenvalue weighted by atomic mass is 16.5. The second kappa shape index (κ2) is 11.0. The Bertz CT molecular complexity index is 877. The Morgan fingerprint density at radius 2 is 1.84 bits per heavy atom. The van der Waals surface area contributed by atoms with E-state index < -0.39 is 0 Å². The first-order valence-corrected chi connectivity index (χ1v) is 12.0. The maximum atomic E-state index is 13.1. The molecule has 1 aliphatic carbocycles. The number of amides is 1. The molecule has 0 spiro atoms. The highest BCUT2D eigenvalue weighted by Gasteiger charge is 2.36. The minimum absolute atomic E-state index is 0.00564. The van der Waals surface area contributed by atoms with Gasteiger partial charge in [-0.05, 0) is 55.1 Å².